The van der Waals surface area contributed by atoms with Crippen LogP contribution in [0.3, 0.4) is 0 Å². The van der Waals surface area contributed by atoms with Crippen LogP contribution in [0.5, 0.6) is 0 Å². The summed E-state index contributed by atoms with van der Waals surface area (Å²) in [6.07, 6.45) is 6.41. The number of benzene rings is 3. The van der Waals surface area contributed by atoms with E-state index >= 15 is 0 Å². The Morgan fingerprint density at radius 3 is 2.17 bits per heavy atom. The molecule has 1 saturated heterocycles. The first-order valence-corrected chi connectivity index (χ1v) is 37.2. The number of likely N-dealkylation sites (N-methyl/N-ethyl adjacent to an activating group) is 1. The summed E-state index contributed by atoms with van der Waals surface area (Å²) in [6, 6.07) is 17.6. The highest BCUT2D eigenvalue weighted by atomic mass is 16.7. The molecule has 2 aliphatic heterocycles. The van der Waals surface area contributed by atoms with E-state index in [0.29, 0.717) is 69.0 Å². The summed E-state index contributed by atoms with van der Waals surface area (Å²) < 4.78 is 47.0. The van der Waals surface area contributed by atoms with Crippen molar-refractivity contribution in [3.63, 3.8) is 0 Å². The van der Waals surface area contributed by atoms with Gasteiger partial charge in [0.15, 0.2) is 23.5 Å². The van der Waals surface area contributed by atoms with E-state index in [2.05, 4.69) is 50.7 Å². The zero-order valence-electron chi connectivity index (χ0n) is 62.4. The maximum Gasteiger partial charge on any atom is 0.408 e. The molecule has 9 amide bonds. The molecule has 9 rings (SSSR count). The molecule has 0 spiro atoms. The molecule has 6 aliphatic rings. The van der Waals surface area contributed by atoms with Gasteiger partial charge in [-0.05, 0) is 123 Å². The highest BCUT2D eigenvalue weighted by molar-refractivity contribution is 6.01. The van der Waals surface area contributed by atoms with Crippen LogP contribution in [0.4, 0.5) is 21.0 Å². The van der Waals surface area contributed by atoms with Gasteiger partial charge in [0, 0.05) is 73.0 Å². The van der Waals surface area contributed by atoms with E-state index in [1.54, 1.807) is 55.2 Å². The number of urea groups is 1. The average Bonchev–Trinajstić information content (AvgIpc) is 1.53. The number of hydrogen-bond donors (Lipinski definition) is 8. The minimum Gasteiger partial charge on any atom is -0.445 e. The van der Waals surface area contributed by atoms with Crippen LogP contribution in [0.2, 0.25) is 0 Å². The summed E-state index contributed by atoms with van der Waals surface area (Å²) in [4.78, 5) is 135. The number of anilines is 2. The Morgan fingerprint density at radius 1 is 0.776 bits per heavy atom. The van der Waals surface area contributed by atoms with Gasteiger partial charge in [0.25, 0.3) is 0 Å². The molecule has 3 aromatic rings. The third-order valence-corrected chi connectivity index (χ3v) is 21.2. The molecule has 28 nitrogen and oxygen atoms in total. The van der Waals surface area contributed by atoms with Gasteiger partial charge in [-0.3, -0.25) is 38.4 Å². The molecule has 28 heteroatoms. The van der Waals surface area contributed by atoms with Crippen LogP contribution in [-0.2, 0) is 89.4 Å². The van der Waals surface area contributed by atoms with E-state index in [1.807, 2.05) is 68.5 Å². The van der Waals surface area contributed by atoms with Gasteiger partial charge in [-0.1, -0.05) is 107 Å². The van der Waals surface area contributed by atoms with Crippen molar-refractivity contribution < 1.29 is 90.9 Å². The Hall–Kier alpha value is -8.92. The molecule has 9 N–H and O–H groups in total. The fourth-order valence-electron chi connectivity index (χ4n) is 15.8. The van der Waals surface area contributed by atoms with E-state index in [9.17, 15) is 53.1 Å². The number of alkyl carbamates (subject to hydrolysis) is 1. The second-order valence-electron chi connectivity index (χ2n) is 28.9. The minimum absolute atomic E-state index is 0.0210. The highest BCUT2D eigenvalue weighted by Crippen LogP contribution is 2.70. The van der Waals surface area contributed by atoms with Crippen molar-refractivity contribution in [3.8, 4) is 11.8 Å². The molecule has 4 fully saturated rings. The number of nitrogens with zero attached hydrogens (tertiary/aromatic N) is 2. The number of para-hydroxylation sites is 1. The van der Waals surface area contributed by atoms with Crippen molar-refractivity contribution in [2.45, 2.75) is 168 Å². The Balaban J connectivity index is 0.625. The minimum atomic E-state index is -1.40. The van der Waals surface area contributed by atoms with Gasteiger partial charge >= 0.3 is 12.1 Å². The molecule has 0 aromatic heterocycles. The zero-order chi connectivity index (χ0) is 76.8. The lowest BCUT2D eigenvalue weighted by atomic mass is 9.46. The van der Waals surface area contributed by atoms with E-state index in [-0.39, 0.29) is 139 Å². The lowest BCUT2D eigenvalue weighted by Gasteiger charge is -2.59. The van der Waals surface area contributed by atoms with Crippen molar-refractivity contribution >= 4 is 70.5 Å². The smallest absolute Gasteiger partial charge is 0.408 e. The van der Waals surface area contributed by atoms with Crippen molar-refractivity contribution in [2.24, 2.45) is 40.2 Å². The quantitative estimate of drug-likeness (QED) is 0.0190. The van der Waals surface area contributed by atoms with Crippen molar-refractivity contribution in [2.75, 3.05) is 96.5 Å². The molecule has 3 saturated carbocycles. The Labute approximate surface area is 625 Å². The predicted molar refractivity (Wildman–Crippen MR) is 393 cm³/mol. The van der Waals surface area contributed by atoms with Crippen LogP contribution in [0, 0.1) is 46.3 Å². The number of carbonyl (C=O) groups is 10. The van der Waals surface area contributed by atoms with Crippen LogP contribution in [0.15, 0.2) is 96.6 Å². The summed E-state index contributed by atoms with van der Waals surface area (Å²) in [5.41, 5.74) is 7.72. The number of fused-ring (bicyclic) bond motifs is 9. The summed E-state index contributed by atoms with van der Waals surface area (Å²) in [5, 5.41) is 28.2. The van der Waals surface area contributed by atoms with Crippen LogP contribution in [0.25, 0.3) is 0 Å². The number of nitrogens with one attached hydrogen (secondary N) is 6. The molecular formula is C79H105N9O19. The van der Waals surface area contributed by atoms with Gasteiger partial charge in [-0.25, -0.2) is 9.59 Å². The zero-order valence-corrected chi connectivity index (χ0v) is 62.4. The first kappa shape index (κ1) is 82.1. The first-order chi connectivity index (χ1) is 51.3. The monoisotopic (exact) mass is 1480 g/mol. The number of Topliss-reactive ketones (excluding diaryl/α,β-unsaturated/α-hetero) is 1. The van der Waals surface area contributed by atoms with Crippen LogP contribution < -0.4 is 42.5 Å². The maximum atomic E-state index is 14.7. The highest BCUT2D eigenvalue weighted by Gasteiger charge is 2.76. The van der Waals surface area contributed by atoms with Crippen molar-refractivity contribution in [1.82, 2.24) is 31.5 Å². The van der Waals surface area contributed by atoms with E-state index in [1.165, 1.54) is 18.9 Å². The molecule has 0 bridgehead atoms. The van der Waals surface area contributed by atoms with Gasteiger partial charge in [0.1, 0.15) is 38.1 Å². The summed E-state index contributed by atoms with van der Waals surface area (Å²) >= 11 is 0. The largest absolute Gasteiger partial charge is 0.445 e. The lowest BCUT2D eigenvalue weighted by molar-refractivity contribution is -0.201. The SMILES string of the molecule is CCCC1O[C@@H]2C[C@H]3[C@@H]4CCC5=CC(=O)C=C[C@]5(C)[C@H]4[C@@H](O)C[C@]3(C)[C@]2(C(=O)COCN(C)C(=O)[C@H](C)NC(=O)OCc2ccc(NC(=O)[C@H](CCCNC(N)=O)NC(=O)[C@@H](NC(=O)CCOCCOCCOCCOCCNC(=O)CCC(=O)N3Cc4ccccc4C#Cc4ccccc43)C(C)C)cc2)O1. The molecule has 12 atom stereocenters. The number of amides is 9. The van der Waals surface area contributed by atoms with Crippen LogP contribution in [0.1, 0.15) is 134 Å². The number of nitrogens with two attached hydrogens (primary N) is 1. The number of aliphatic hydroxyl groups excluding tert-OH is 1. The molecule has 0 radical (unpaired) electrons. The van der Waals surface area contributed by atoms with Gasteiger partial charge in [-0.2, -0.15) is 0 Å². The number of carbonyl (C=O) groups excluding carboxylic acids is 10. The van der Waals surface area contributed by atoms with Gasteiger partial charge in [-0.15, -0.1) is 0 Å². The average molecular weight is 1480 g/mol. The van der Waals surface area contributed by atoms with Crippen molar-refractivity contribution in [3.05, 3.63) is 119 Å². The summed E-state index contributed by atoms with van der Waals surface area (Å²) in [5.74, 6) is 2.87. The molecular weight excluding hydrogens is 1380 g/mol. The summed E-state index contributed by atoms with van der Waals surface area (Å²) in [7, 11) is 1.48. The number of aliphatic hydroxyl groups is 1. The molecule has 4 aliphatic carbocycles. The first-order valence-electron chi connectivity index (χ1n) is 37.2. The molecule has 2 heterocycles. The third-order valence-electron chi connectivity index (χ3n) is 21.2. The standard InChI is InChI=1S/C79H105N9O19/c1-8-14-69-106-65-44-60-59-27-24-56-43-58(89)30-32-77(56,5)70(59)63(90)45-78(60,6)79(65,107-69)64(91)48-104-49-87(7)74(97)51(4)83-76(99)105-47-52-20-25-57(26-21-52)84-72(95)61(18-13-33-82-75(80)98)85-73(96)71(50(2)3)86-67(93)31-35-100-37-39-102-41-42-103-40-38-101-36-34-81-66(92)28-29-68(94)88-46-55-17-10-9-15-53(55)22-23-54-16-11-12-19-62(54)88/h9-12,15-17,19-21,25-26,30,32,43,50-51,59-61,63,65,69-71,90H,8,13-14,18,24,27-29,31,33-42,44-49H2,1-7H3,(H,81,92)(H,83,99)(H,84,95)(H,85,96)(H,86,93)(H3,80,82,98)/t51-,59-,60-,61-,63-,65+,69?,70+,71-,77-,78-,79+/m0/s1. The van der Waals surface area contributed by atoms with Crippen molar-refractivity contribution in [1.29, 1.82) is 0 Å². The number of ether oxygens (including phenoxy) is 8. The number of hydrogen-bond acceptors (Lipinski definition) is 19. The topological polar surface area (TPSA) is 369 Å². The van der Waals surface area contributed by atoms with E-state index in [0.717, 1.165) is 35.1 Å². The number of allylic oxidation sites excluding steroid dienone is 4. The number of ketones is 2. The Morgan fingerprint density at radius 2 is 1.46 bits per heavy atom. The summed E-state index contributed by atoms with van der Waals surface area (Å²) in [6.45, 7) is 12.9. The fraction of sp³-hybridized carbons (Fsp3) is 0.570. The molecule has 580 valence electrons. The lowest BCUT2D eigenvalue weighted by Crippen LogP contribution is -2.63. The maximum absolute atomic E-state index is 14.7. The number of rotatable bonds is 39. The Bertz CT molecular complexity index is 3780. The second kappa shape index (κ2) is 38.7. The molecule has 3 aromatic carbocycles. The Kier molecular flexibility index (Phi) is 29.7. The van der Waals surface area contributed by atoms with E-state index in [4.69, 9.17) is 43.6 Å². The van der Waals surface area contributed by atoms with Gasteiger partial charge in [0.2, 0.25) is 35.4 Å². The fourth-order valence-corrected chi connectivity index (χ4v) is 15.8. The predicted octanol–water partition coefficient (Wildman–Crippen LogP) is 5.78. The normalized spacial score (nSPS) is 23.7. The number of primary amides is 1. The van der Waals surface area contributed by atoms with Gasteiger partial charge in [0.05, 0.1) is 77.3 Å². The van der Waals surface area contributed by atoms with E-state index < -0.39 is 95.4 Å². The third kappa shape index (κ3) is 21.1. The van der Waals surface area contributed by atoms with Crippen LogP contribution in [-0.4, -0.2) is 198 Å². The molecule has 107 heavy (non-hydrogen) atoms. The van der Waals surface area contributed by atoms with Crippen LogP contribution >= 0.6 is 0 Å². The molecule has 1 unspecified atom stereocenters. The second-order valence-corrected chi connectivity index (χ2v) is 28.9. The van der Waals surface area contributed by atoms with Gasteiger partial charge < -0.3 is 90.4 Å².